The molecule has 0 saturated carbocycles. The molecule has 0 atom stereocenters. The molecule has 0 heterocycles. The number of halogens is 10. The Balaban J connectivity index is 5.34. The van der Waals surface area contributed by atoms with E-state index in [2.05, 4.69) is 0 Å². The first-order valence-electron chi connectivity index (χ1n) is 5.39. The van der Waals surface area contributed by atoms with Gasteiger partial charge in [-0.05, 0) is 45.4 Å². The summed E-state index contributed by atoms with van der Waals surface area (Å²) in [5, 5.41) is 8.42. The van der Waals surface area contributed by atoms with Gasteiger partial charge >= 0.3 is 23.9 Å². The van der Waals surface area contributed by atoms with Crippen molar-refractivity contribution in [2.45, 2.75) is 43.2 Å². The number of aliphatic hydroxyl groups excluding tert-OH is 1. The van der Waals surface area contributed by atoms with Gasteiger partial charge in [0.2, 0.25) is 0 Å². The van der Waals surface area contributed by atoms with Gasteiger partial charge in [0, 0.05) is 12.7 Å². The van der Waals surface area contributed by atoms with Crippen LogP contribution in [0.1, 0.15) is 19.3 Å². The molecule has 0 unspecified atom stereocenters. The van der Waals surface area contributed by atoms with Crippen LogP contribution in [-0.4, -0.2) is 35.7 Å². The fourth-order valence-electron chi connectivity index (χ4n) is 1.15. The second kappa shape index (κ2) is 6.92. The van der Waals surface area contributed by atoms with Crippen LogP contribution in [0.25, 0.3) is 0 Å². The van der Waals surface area contributed by atoms with E-state index in [1.54, 1.807) is 0 Å². The van der Waals surface area contributed by atoms with Gasteiger partial charge in [0.1, 0.15) is 0 Å². The van der Waals surface area contributed by atoms with E-state index in [4.69, 9.17) is 5.11 Å². The average Bonchev–Trinajstić information content (AvgIpc) is 2.26. The van der Waals surface area contributed by atoms with Crippen LogP contribution in [-0.2, 0) is 0 Å². The Labute approximate surface area is 127 Å². The lowest BCUT2D eigenvalue weighted by atomic mass is 10.0. The lowest BCUT2D eigenvalue weighted by Crippen LogP contribution is -2.60. The van der Waals surface area contributed by atoms with Gasteiger partial charge in [0.25, 0.3) is 0 Å². The van der Waals surface area contributed by atoms with E-state index < -0.39 is 33.6 Å². The number of unbranched alkanes of at least 4 members (excludes halogenated alkanes) is 1. The molecule has 0 aromatic heterocycles. The van der Waals surface area contributed by atoms with E-state index in [1.807, 2.05) is 0 Å². The summed E-state index contributed by atoms with van der Waals surface area (Å²) in [7, 11) is 0. The van der Waals surface area contributed by atoms with Gasteiger partial charge in [0.05, 0.1) is 0 Å². The molecule has 0 saturated heterocycles. The summed E-state index contributed by atoms with van der Waals surface area (Å²) in [6.07, 6.45) is -7.45. The SMILES string of the molecule is OCCCC/C(I)=C\C(F)(F)C(F)(F)C(F)(F)C(F)(F)F. The van der Waals surface area contributed by atoms with Crippen LogP contribution in [0.2, 0.25) is 0 Å². The van der Waals surface area contributed by atoms with E-state index in [0.717, 1.165) is 22.6 Å². The van der Waals surface area contributed by atoms with Crippen molar-refractivity contribution in [2.24, 2.45) is 0 Å². The standard InChI is InChI=1S/C10H10F9IO/c11-7(12,5-6(20)3-1-2-4-21)8(13,14)9(15,16)10(17,18)19/h5,21H,1-4H2/b6-5+. The van der Waals surface area contributed by atoms with Crippen molar-refractivity contribution in [2.75, 3.05) is 6.61 Å². The molecule has 0 aliphatic heterocycles. The van der Waals surface area contributed by atoms with E-state index in [1.165, 1.54) is 0 Å². The number of hydrogen-bond acceptors (Lipinski definition) is 1. The number of aliphatic hydroxyl groups is 1. The minimum absolute atomic E-state index is 0.0859. The molecule has 0 fully saturated rings. The quantitative estimate of drug-likeness (QED) is 0.336. The van der Waals surface area contributed by atoms with Crippen molar-refractivity contribution in [3.05, 3.63) is 9.66 Å². The second-order valence-corrected chi connectivity index (χ2v) is 5.43. The van der Waals surface area contributed by atoms with Crippen molar-refractivity contribution in [1.29, 1.82) is 0 Å². The van der Waals surface area contributed by atoms with Gasteiger partial charge in [-0.25, -0.2) is 0 Å². The molecule has 0 aliphatic carbocycles. The summed E-state index contributed by atoms with van der Waals surface area (Å²) in [5.74, 6) is -19.2. The first-order chi connectivity index (χ1) is 9.20. The maximum absolute atomic E-state index is 13.1. The maximum atomic E-state index is 13.1. The molecule has 11 heteroatoms. The van der Waals surface area contributed by atoms with Crippen molar-refractivity contribution in [3.8, 4) is 0 Å². The molecule has 0 aliphatic rings. The molecule has 21 heavy (non-hydrogen) atoms. The largest absolute Gasteiger partial charge is 0.460 e. The summed E-state index contributed by atoms with van der Waals surface area (Å²) in [4.78, 5) is 0. The molecular weight excluding hydrogens is 434 g/mol. The van der Waals surface area contributed by atoms with Crippen LogP contribution < -0.4 is 0 Å². The van der Waals surface area contributed by atoms with Gasteiger partial charge in [-0.15, -0.1) is 0 Å². The molecule has 0 aromatic rings. The van der Waals surface area contributed by atoms with Gasteiger partial charge in [-0.2, -0.15) is 39.5 Å². The Morgan fingerprint density at radius 1 is 0.857 bits per heavy atom. The second-order valence-electron chi connectivity index (χ2n) is 4.04. The van der Waals surface area contributed by atoms with Crippen LogP contribution in [0.15, 0.2) is 9.66 Å². The normalized spacial score (nSPS) is 15.5. The van der Waals surface area contributed by atoms with E-state index >= 15 is 0 Å². The molecule has 0 radical (unpaired) electrons. The lowest BCUT2D eigenvalue weighted by Gasteiger charge is -2.32. The number of rotatable bonds is 7. The average molecular weight is 444 g/mol. The maximum Gasteiger partial charge on any atom is 0.460 e. The first kappa shape index (κ1) is 20.8. The summed E-state index contributed by atoms with van der Waals surface area (Å²) in [6.45, 7) is -0.303. The summed E-state index contributed by atoms with van der Waals surface area (Å²) in [6, 6.07) is 0. The third-order valence-electron chi connectivity index (χ3n) is 2.33. The zero-order chi connectivity index (χ0) is 17.1. The molecule has 126 valence electrons. The Bertz CT molecular complexity index is 375. The van der Waals surface area contributed by atoms with Crippen molar-refractivity contribution < 1.29 is 44.6 Å². The van der Waals surface area contributed by atoms with Crippen LogP contribution in [0.5, 0.6) is 0 Å². The van der Waals surface area contributed by atoms with E-state index in [0.29, 0.717) is 0 Å². The van der Waals surface area contributed by atoms with Crippen LogP contribution in [0, 0.1) is 0 Å². The lowest BCUT2D eigenvalue weighted by molar-refractivity contribution is -0.388. The van der Waals surface area contributed by atoms with Gasteiger partial charge in [0.15, 0.2) is 0 Å². The highest BCUT2D eigenvalue weighted by molar-refractivity contribution is 14.1. The van der Waals surface area contributed by atoms with Gasteiger partial charge in [-0.3, -0.25) is 0 Å². The van der Waals surface area contributed by atoms with Crippen LogP contribution >= 0.6 is 22.6 Å². The molecule has 1 N–H and O–H groups in total. The Hall–Kier alpha value is -0.200. The minimum atomic E-state index is -6.87. The number of allylic oxidation sites excluding steroid dienone is 2. The topological polar surface area (TPSA) is 20.2 Å². The molecule has 1 nitrogen and oxygen atoms in total. The number of alkyl halides is 9. The van der Waals surface area contributed by atoms with Gasteiger partial charge in [-0.1, -0.05) is 0 Å². The highest BCUT2D eigenvalue weighted by Crippen LogP contribution is 2.53. The van der Waals surface area contributed by atoms with Crippen LogP contribution in [0.4, 0.5) is 39.5 Å². The highest BCUT2D eigenvalue weighted by Gasteiger charge is 2.81. The zero-order valence-corrected chi connectivity index (χ0v) is 12.3. The fraction of sp³-hybridized carbons (Fsp3) is 0.800. The predicted molar refractivity (Wildman–Crippen MR) is 63.9 cm³/mol. The molecular formula is C10H10F9IO. The summed E-state index contributed by atoms with van der Waals surface area (Å²) < 4.78 is 112. The molecule has 0 amide bonds. The molecule has 0 rings (SSSR count). The fourth-order valence-corrected chi connectivity index (χ4v) is 1.93. The van der Waals surface area contributed by atoms with Crippen molar-refractivity contribution in [1.82, 2.24) is 0 Å². The van der Waals surface area contributed by atoms with E-state index in [-0.39, 0.29) is 25.9 Å². The third kappa shape index (κ3) is 4.63. The Morgan fingerprint density at radius 2 is 1.33 bits per heavy atom. The Kier molecular flexibility index (Phi) is 6.85. The highest BCUT2D eigenvalue weighted by atomic mass is 127. The Morgan fingerprint density at radius 3 is 1.71 bits per heavy atom. The van der Waals surface area contributed by atoms with Crippen molar-refractivity contribution >= 4 is 22.6 Å². The van der Waals surface area contributed by atoms with Gasteiger partial charge < -0.3 is 5.11 Å². The first-order valence-corrected chi connectivity index (χ1v) is 6.47. The minimum Gasteiger partial charge on any atom is -0.396 e. The van der Waals surface area contributed by atoms with Crippen LogP contribution in [0.3, 0.4) is 0 Å². The molecule has 0 aromatic carbocycles. The van der Waals surface area contributed by atoms with Crippen molar-refractivity contribution in [3.63, 3.8) is 0 Å². The monoisotopic (exact) mass is 444 g/mol. The predicted octanol–water partition coefficient (Wildman–Crippen LogP) is 4.94. The summed E-state index contributed by atoms with van der Waals surface area (Å²) >= 11 is 1.14. The molecule has 0 bridgehead atoms. The summed E-state index contributed by atoms with van der Waals surface area (Å²) in [5.41, 5.74) is 0. The zero-order valence-electron chi connectivity index (χ0n) is 10.1. The number of hydrogen-bond donors (Lipinski definition) is 1. The molecule has 0 spiro atoms. The van der Waals surface area contributed by atoms with E-state index in [9.17, 15) is 39.5 Å². The smallest absolute Gasteiger partial charge is 0.396 e. The third-order valence-corrected chi connectivity index (χ3v) is 3.18.